The molecule has 3 rings (SSSR count). The van der Waals surface area contributed by atoms with E-state index < -0.39 is 30.5 Å². The summed E-state index contributed by atoms with van der Waals surface area (Å²) in [4.78, 5) is 20.4. The van der Waals surface area contributed by atoms with E-state index in [0.29, 0.717) is 16.7 Å². The lowest BCUT2D eigenvalue weighted by Crippen LogP contribution is -2.36. The number of carbonyl (C=O) groups excluding carboxylic acids is 1. The van der Waals surface area contributed by atoms with Gasteiger partial charge in [-0.25, -0.2) is 14.4 Å². The molecule has 122 valence electrons. The van der Waals surface area contributed by atoms with E-state index in [0.717, 1.165) is 4.90 Å². The highest BCUT2D eigenvalue weighted by molar-refractivity contribution is 5.89. The number of rotatable bonds is 3. The maximum atomic E-state index is 13.4. The Bertz CT molecular complexity index is 749. The smallest absolute Gasteiger partial charge is 0.364 e. The Morgan fingerprint density at radius 1 is 1.30 bits per heavy atom. The highest BCUT2D eigenvalue weighted by atomic mass is 19.4. The fourth-order valence-electron chi connectivity index (χ4n) is 2.58. The van der Waals surface area contributed by atoms with Gasteiger partial charge in [0.05, 0.1) is 11.6 Å². The highest BCUT2D eigenvalue weighted by Crippen LogP contribution is 2.25. The van der Waals surface area contributed by atoms with Gasteiger partial charge in [-0.3, -0.25) is 4.79 Å². The van der Waals surface area contributed by atoms with Crippen molar-refractivity contribution in [3.05, 3.63) is 30.3 Å². The van der Waals surface area contributed by atoms with Crippen LogP contribution in [0.4, 0.5) is 23.4 Å². The van der Waals surface area contributed by atoms with Crippen LogP contribution >= 0.6 is 0 Å². The van der Waals surface area contributed by atoms with Crippen LogP contribution in [0.5, 0.6) is 0 Å². The van der Waals surface area contributed by atoms with Crippen molar-refractivity contribution in [2.24, 2.45) is 0 Å². The summed E-state index contributed by atoms with van der Waals surface area (Å²) in [5.74, 6) is -0.762. The fraction of sp³-hybridized carbons (Fsp3) is 0.357. The Morgan fingerprint density at radius 3 is 2.83 bits per heavy atom. The van der Waals surface area contributed by atoms with Crippen molar-refractivity contribution in [3.8, 4) is 0 Å². The van der Waals surface area contributed by atoms with E-state index in [4.69, 9.17) is 0 Å². The van der Waals surface area contributed by atoms with Crippen molar-refractivity contribution in [2.75, 3.05) is 18.4 Å². The third-order valence-electron chi connectivity index (χ3n) is 3.52. The van der Waals surface area contributed by atoms with Crippen molar-refractivity contribution < 1.29 is 22.4 Å². The molecule has 1 aromatic heterocycles. The molecule has 1 amide bonds. The van der Waals surface area contributed by atoms with Crippen LogP contribution in [0.2, 0.25) is 0 Å². The number of carbonyl (C=O) groups is 1. The lowest BCUT2D eigenvalue weighted by molar-refractivity contribution is -0.157. The van der Waals surface area contributed by atoms with Crippen LogP contribution in [0.3, 0.4) is 0 Å². The number of alkyl halides is 3. The number of hydrogen-bond acceptors (Lipinski definition) is 4. The molecule has 1 aliphatic heterocycles. The minimum absolute atomic E-state index is 0.0725. The quantitative estimate of drug-likeness (QED) is 0.879. The summed E-state index contributed by atoms with van der Waals surface area (Å²) in [6, 6.07) is 3.45. The summed E-state index contributed by atoms with van der Waals surface area (Å²) in [6.45, 7) is -1.36. The standard InChI is InChI=1S/C14H12F4N4O/c15-8-1-2-11-10(3-8)13(20-7-19-11)21-9-4-12(23)22(5-9)6-14(16,17)18/h1-3,7,9H,4-6H2,(H,19,20,21). The zero-order chi connectivity index (χ0) is 16.6. The minimum Gasteiger partial charge on any atom is -0.364 e. The summed E-state index contributed by atoms with van der Waals surface area (Å²) < 4.78 is 50.6. The lowest BCUT2D eigenvalue weighted by Gasteiger charge is -2.19. The van der Waals surface area contributed by atoms with Crippen LogP contribution in [0.1, 0.15) is 6.42 Å². The molecular formula is C14H12F4N4O. The summed E-state index contributed by atoms with van der Waals surface area (Å²) in [5, 5.41) is 3.32. The Morgan fingerprint density at radius 2 is 2.09 bits per heavy atom. The predicted molar refractivity (Wildman–Crippen MR) is 74.2 cm³/mol. The van der Waals surface area contributed by atoms with E-state index in [9.17, 15) is 22.4 Å². The van der Waals surface area contributed by atoms with Gasteiger partial charge in [0.1, 0.15) is 24.5 Å². The van der Waals surface area contributed by atoms with Gasteiger partial charge in [-0.05, 0) is 18.2 Å². The number of likely N-dealkylation sites (tertiary alicyclic amines) is 1. The second-order valence-electron chi connectivity index (χ2n) is 5.32. The first-order valence-corrected chi connectivity index (χ1v) is 6.83. The van der Waals surface area contributed by atoms with Crippen molar-refractivity contribution in [1.82, 2.24) is 14.9 Å². The zero-order valence-electron chi connectivity index (χ0n) is 11.8. The number of hydrogen-bond donors (Lipinski definition) is 1. The average Bonchev–Trinajstić information content (AvgIpc) is 2.77. The minimum atomic E-state index is -4.44. The summed E-state index contributed by atoms with van der Waals surface area (Å²) in [7, 11) is 0. The maximum absolute atomic E-state index is 13.4. The molecule has 2 aromatic rings. The summed E-state index contributed by atoms with van der Waals surface area (Å²) in [5.41, 5.74) is 0.500. The van der Waals surface area contributed by atoms with Gasteiger partial charge in [-0.2, -0.15) is 13.2 Å². The molecule has 1 N–H and O–H groups in total. The SMILES string of the molecule is O=C1CC(Nc2ncnc3ccc(F)cc23)CN1CC(F)(F)F. The number of nitrogens with one attached hydrogen (secondary N) is 1. The number of aromatic nitrogens is 2. The van der Waals surface area contributed by atoms with Crippen LogP contribution in [-0.4, -0.2) is 46.1 Å². The molecule has 9 heteroatoms. The average molecular weight is 328 g/mol. The van der Waals surface area contributed by atoms with Gasteiger partial charge in [0.15, 0.2) is 0 Å². The topological polar surface area (TPSA) is 58.1 Å². The molecule has 1 aromatic carbocycles. The summed E-state index contributed by atoms with van der Waals surface area (Å²) in [6.07, 6.45) is -3.24. The van der Waals surface area contributed by atoms with Gasteiger partial charge in [0.2, 0.25) is 5.91 Å². The molecule has 23 heavy (non-hydrogen) atoms. The zero-order valence-corrected chi connectivity index (χ0v) is 11.8. The van der Waals surface area contributed by atoms with Crippen LogP contribution < -0.4 is 5.32 Å². The van der Waals surface area contributed by atoms with Crippen LogP contribution in [-0.2, 0) is 4.79 Å². The molecule has 0 bridgehead atoms. The number of nitrogens with zero attached hydrogens (tertiary/aromatic N) is 3. The van der Waals surface area contributed by atoms with E-state index in [1.165, 1.54) is 24.5 Å². The molecule has 0 spiro atoms. The molecule has 0 saturated carbocycles. The fourth-order valence-corrected chi connectivity index (χ4v) is 2.58. The number of halogens is 4. The molecule has 0 radical (unpaired) electrons. The van der Waals surface area contributed by atoms with Crippen molar-refractivity contribution >= 4 is 22.6 Å². The normalized spacial score (nSPS) is 18.7. The largest absolute Gasteiger partial charge is 0.406 e. The second-order valence-corrected chi connectivity index (χ2v) is 5.32. The molecule has 1 unspecified atom stereocenters. The van der Waals surface area contributed by atoms with Gasteiger partial charge in [0, 0.05) is 18.4 Å². The van der Waals surface area contributed by atoms with E-state index in [2.05, 4.69) is 15.3 Å². The number of amides is 1. The van der Waals surface area contributed by atoms with Crippen molar-refractivity contribution in [2.45, 2.75) is 18.6 Å². The van der Waals surface area contributed by atoms with Crippen LogP contribution in [0, 0.1) is 5.82 Å². The number of anilines is 1. The van der Waals surface area contributed by atoms with Gasteiger partial charge in [0.25, 0.3) is 0 Å². The molecule has 1 atom stereocenters. The van der Waals surface area contributed by atoms with Gasteiger partial charge < -0.3 is 10.2 Å². The number of fused-ring (bicyclic) bond motifs is 1. The van der Waals surface area contributed by atoms with Gasteiger partial charge in [-0.15, -0.1) is 0 Å². The Hall–Kier alpha value is -2.45. The second kappa shape index (κ2) is 5.64. The Balaban J connectivity index is 1.78. The summed E-state index contributed by atoms with van der Waals surface area (Å²) >= 11 is 0. The Labute approximate surface area is 128 Å². The molecular weight excluding hydrogens is 316 g/mol. The highest BCUT2D eigenvalue weighted by Gasteiger charge is 2.38. The van der Waals surface area contributed by atoms with Gasteiger partial charge >= 0.3 is 6.18 Å². The van der Waals surface area contributed by atoms with E-state index >= 15 is 0 Å². The first kappa shape index (κ1) is 15.4. The first-order chi connectivity index (χ1) is 10.8. The van der Waals surface area contributed by atoms with Gasteiger partial charge in [-0.1, -0.05) is 0 Å². The Kier molecular flexibility index (Phi) is 3.78. The number of benzene rings is 1. The third-order valence-corrected chi connectivity index (χ3v) is 3.52. The van der Waals surface area contributed by atoms with Crippen molar-refractivity contribution in [1.29, 1.82) is 0 Å². The van der Waals surface area contributed by atoms with Crippen LogP contribution in [0.25, 0.3) is 10.9 Å². The molecule has 1 fully saturated rings. The van der Waals surface area contributed by atoms with E-state index in [1.807, 2.05) is 0 Å². The lowest BCUT2D eigenvalue weighted by atomic mass is 10.2. The van der Waals surface area contributed by atoms with E-state index in [-0.39, 0.29) is 13.0 Å². The molecule has 0 aliphatic carbocycles. The molecule has 1 aliphatic rings. The van der Waals surface area contributed by atoms with E-state index in [1.54, 1.807) is 0 Å². The monoisotopic (exact) mass is 328 g/mol. The first-order valence-electron chi connectivity index (χ1n) is 6.83. The molecule has 1 saturated heterocycles. The molecule has 5 nitrogen and oxygen atoms in total. The maximum Gasteiger partial charge on any atom is 0.406 e. The van der Waals surface area contributed by atoms with Crippen LogP contribution in [0.15, 0.2) is 24.5 Å². The molecule has 2 heterocycles. The third kappa shape index (κ3) is 3.49. The van der Waals surface area contributed by atoms with Crippen molar-refractivity contribution in [3.63, 3.8) is 0 Å². The predicted octanol–water partition coefficient (Wildman–Crippen LogP) is 2.34.